The van der Waals surface area contributed by atoms with Gasteiger partial charge in [-0.15, -0.1) is 0 Å². The zero-order valence-corrected chi connectivity index (χ0v) is 13.2. The number of benzene rings is 2. The van der Waals surface area contributed by atoms with Gasteiger partial charge in [-0.25, -0.2) is 4.98 Å². The molecule has 2 N–H and O–H groups in total. The van der Waals surface area contributed by atoms with E-state index in [4.69, 9.17) is 0 Å². The molecule has 0 radical (unpaired) electrons. The number of H-pyrrole nitrogens is 1. The molecule has 100 valence electrons. The van der Waals surface area contributed by atoms with Crippen LogP contribution in [0.15, 0.2) is 42.5 Å². The largest absolute Gasteiger partial charge is 0.388 e. The second-order valence-electron chi connectivity index (χ2n) is 4.49. The van der Waals surface area contributed by atoms with Crippen LogP contribution in [-0.2, 0) is 0 Å². The molecular formula is C16H14IN3. The van der Waals surface area contributed by atoms with Crippen molar-refractivity contribution in [2.75, 3.05) is 12.4 Å². The number of hydrogen-bond donors (Lipinski definition) is 2. The molecule has 0 bridgehead atoms. The van der Waals surface area contributed by atoms with Crippen molar-refractivity contribution in [3.8, 4) is 0 Å². The van der Waals surface area contributed by atoms with Crippen molar-refractivity contribution in [3.63, 3.8) is 0 Å². The fourth-order valence-corrected chi connectivity index (χ4v) is 2.51. The van der Waals surface area contributed by atoms with E-state index >= 15 is 0 Å². The molecule has 1 heterocycles. The third-order valence-electron chi connectivity index (χ3n) is 3.10. The Kier molecular flexibility index (Phi) is 3.73. The predicted octanol–water partition coefficient (Wildman–Crippen LogP) is 4.38. The van der Waals surface area contributed by atoms with Crippen LogP contribution >= 0.6 is 22.6 Å². The Labute approximate surface area is 131 Å². The highest BCUT2D eigenvalue weighted by Crippen LogP contribution is 2.17. The molecule has 0 aliphatic heterocycles. The van der Waals surface area contributed by atoms with Gasteiger partial charge < -0.3 is 10.3 Å². The van der Waals surface area contributed by atoms with Gasteiger partial charge in [0.1, 0.15) is 5.82 Å². The fourth-order valence-electron chi connectivity index (χ4n) is 2.02. The van der Waals surface area contributed by atoms with E-state index in [0.717, 1.165) is 28.1 Å². The number of fused-ring (bicyclic) bond motifs is 1. The Balaban J connectivity index is 1.85. The maximum absolute atomic E-state index is 4.54. The van der Waals surface area contributed by atoms with Gasteiger partial charge in [-0.05, 0) is 64.6 Å². The quantitative estimate of drug-likeness (QED) is 0.667. The van der Waals surface area contributed by atoms with Crippen molar-refractivity contribution < 1.29 is 0 Å². The number of halogens is 1. The first-order valence-corrected chi connectivity index (χ1v) is 7.44. The van der Waals surface area contributed by atoms with E-state index in [2.05, 4.69) is 80.3 Å². The summed E-state index contributed by atoms with van der Waals surface area (Å²) in [6, 6.07) is 14.5. The first kappa shape index (κ1) is 13.2. The van der Waals surface area contributed by atoms with Gasteiger partial charge in [0.05, 0.1) is 11.0 Å². The molecule has 0 fully saturated rings. The second kappa shape index (κ2) is 5.66. The van der Waals surface area contributed by atoms with Crippen molar-refractivity contribution in [2.45, 2.75) is 0 Å². The first-order chi connectivity index (χ1) is 9.74. The number of aromatic amines is 1. The van der Waals surface area contributed by atoms with Crippen molar-refractivity contribution in [1.82, 2.24) is 9.97 Å². The summed E-state index contributed by atoms with van der Waals surface area (Å²) in [5.41, 5.74) is 4.33. The SMILES string of the molecule is CNc1ccc(/C=C/c2nc3ccc(I)cc3[nH]2)cc1. The number of aromatic nitrogens is 2. The third kappa shape index (κ3) is 2.85. The summed E-state index contributed by atoms with van der Waals surface area (Å²) in [6.45, 7) is 0. The minimum absolute atomic E-state index is 0.875. The van der Waals surface area contributed by atoms with Crippen molar-refractivity contribution >= 4 is 51.5 Å². The highest BCUT2D eigenvalue weighted by Gasteiger charge is 2.00. The zero-order valence-electron chi connectivity index (χ0n) is 11.0. The summed E-state index contributed by atoms with van der Waals surface area (Å²) in [7, 11) is 1.92. The van der Waals surface area contributed by atoms with E-state index in [9.17, 15) is 0 Å². The molecule has 0 saturated heterocycles. The van der Waals surface area contributed by atoms with Crippen LogP contribution in [0.3, 0.4) is 0 Å². The van der Waals surface area contributed by atoms with Crippen LogP contribution < -0.4 is 5.32 Å². The summed E-state index contributed by atoms with van der Waals surface area (Å²) in [5, 5.41) is 3.11. The molecule has 2 aromatic carbocycles. The lowest BCUT2D eigenvalue weighted by Gasteiger charge is -1.98. The summed E-state index contributed by atoms with van der Waals surface area (Å²) >= 11 is 2.30. The Bertz CT molecular complexity index is 757. The van der Waals surface area contributed by atoms with Crippen LogP contribution in [0.1, 0.15) is 11.4 Å². The zero-order chi connectivity index (χ0) is 13.9. The highest BCUT2D eigenvalue weighted by molar-refractivity contribution is 14.1. The normalized spacial score (nSPS) is 11.3. The highest BCUT2D eigenvalue weighted by atomic mass is 127. The lowest BCUT2D eigenvalue weighted by molar-refractivity contribution is 1.29. The van der Waals surface area contributed by atoms with Gasteiger partial charge in [-0.1, -0.05) is 18.2 Å². The lowest BCUT2D eigenvalue weighted by Crippen LogP contribution is -1.86. The van der Waals surface area contributed by atoms with Gasteiger partial charge in [-0.2, -0.15) is 0 Å². The van der Waals surface area contributed by atoms with Crippen LogP contribution in [0.25, 0.3) is 23.2 Å². The standard InChI is InChI=1S/C16H14IN3/c1-18-13-6-2-11(3-7-13)4-9-16-19-14-8-5-12(17)10-15(14)20-16/h2-10,18H,1H3,(H,19,20)/b9-4+. The molecule has 1 aromatic heterocycles. The maximum Gasteiger partial charge on any atom is 0.131 e. The van der Waals surface area contributed by atoms with Crippen molar-refractivity contribution in [3.05, 3.63) is 57.4 Å². The Morgan fingerprint density at radius 3 is 2.65 bits per heavy atom. The van der Waals surface area contributed by atoms with Gasteiger partial charge in [-0.3, -0.25) is 0 Å². The molecule has 3 aromatic rings. The monoisotopic (exact) mass is 375 g/mol. The topological polar surface area (TPSA) is 40.7 Å². The van der Waals surface area contributed by atoms with Gasteiger partial charge in [0, 0.05) is 16.3 Å². The lowest BCUT2D eigenvalue weighted by atomic mass is 10.2. The smallest absolute Gasteiger partial charge is 0.131 e. The molecule has 0 atom stereocenters. The molecular weight excluding hydrogens is 361 g/mol. The molecule has 3 nitrogen and oxygen atoms in total. The average Bonchev–Trinajstić information content (AvgIpc) is 2.87. The van der Waals surface area contributed by atoms with E-state index in [-0.39, 0.29) is 0 Å². The summed E-state index contributed by atoms with van der Waals surface area (Å²) < 4.78 is 1.21. The number of nitrogens with one attached hydrogen (secondary N) is 2. The Morgan fingerprint density at radius 2 is 1.90 bits per heavy atom. The van der Waals surface area contributed by atoms with Gasteiger partial charge in [0.15, 0.2) is 0 Å². The van der Waals surface area contributed by atoms with Crippen LogP contribution in [0.4, 0.5) is 5.69 Å². The Hall–Kier alpha value is -1.82. The second-order valence-corrected chi connectivity index (χ2v) is 5.73. The fraction of sp³-hybridized carbons (Fsp3) is 0.0625. The van der Waals surface area contributed by atoms with E-state index in [1.807, 2.05) is 19.2 Å². The number of rotatable bonds is 3. The van der Waals surface area contributed by atoms with Crippen LogP contribution in [0.5, 0.6) is 0 Å². The van der Waals surface area contributed by atoms with Gasteiger partial charge in [0.2, 0.25) is 0 Å². The minimum atomic E-state index is 0.875. The summed E-state index contributed by atoms with van der Waals surface area (Å²) in [4.78, 5) is 7.86. The predicted molar refractivity (Wildman–Crippen MR) is 93.7 cm³/mol. The number of nitrogens with zero attached hydrogens (tertiary/aromatic N) is 1. The first-order valence-electron chi connectivity index (χ1n) is 6.36. The molecule has 3 rings (SSSR count). The third-order valence-corrected chi connectivity index (χ3v) is 3.77. The average molecular weight is 375 g/mol. The summed E-state index contributed by atoms with van der Waals surface area (Å²) in [5.74, 6) is 0.875. The molecule has 0 aliphatic carbocycles. The van der Waals surface area contributed by atoms with Crippen LogP contribution in [0, 0.1) is 3.57 Å². The van der Waals surface area contributed by atoms with Crippen molar-refractivity contribution in [2.24, 2.45) is 0 Å². The van der Waals surface area contributed by atoms with Crippen LogP contribution in [0.2, 0.25) is 0 Å². The van der Waals surface area contributed by atoms with E-state index in [0.29, 0.717) is 0 Å². The molecule has 4 heteroatoms. The van der Waals surface area contributed by atoms with E-state index < -0.39 is 0 Å². The summed E-state index contributed by atoms with van der Waals surface area (Å²) in [6.07, 6.45) is 4.06. The van der Waals surface area contributed by atoms with Crippen molar-refractivity contribution in [1.29, 1.82) is 0 Å². The van der Waals surface area contributed by atoms with E-state index in [1.54, 1.807) is 0 Å². The number of hydrogen-bond acceptors (Lipinski definition) is 2. The maximum atomic E-state index is 4.54. The molecule has 0 unspecified atom stereocenters. The van der Waals surface area contributed by atoms with Crippen LogP contribution in [-0.4, -0.2) is 17.0 Å². The molecule has 0 amide bonds. The molecule has 0 saturated carbocycles. The number of anilines is 1. The minimum Gasteiger partial charge on any atom is -0.388 e. The van der Waals surface area contributed by atoms with Gasteiger partial charge >= 0.3 is 0 Å². The van der Waals surface area contributed by atoms with Gasteiger partial charge in [0.25, 0.3) is 0 Å². The van der Waals surface area contributed by atoms with E-state index in [1.165, 1.54) is 3.57 Å². The number of imidazole rings is 1. The molecule has 0 aliphatic rings. The molecule has 0 spiro atoms. The Morgan fingerprint density at radius 1 is 1.10 bits per heavy atom. The molecule has 20 heavy (non-hydrogen) atoms.